The molecule has 0 amide bonds. The molecule has 0 spiro atoms. The number of nitrogens with zero attached hydrogens (tertiary/aromatic N) is 4. The molecule has 0 saturated carbocycles. The molecule has 1 heterocycles. The fraction of sp³-hybridized carbons (Fsp3) is 0.0556. The van der Waals surface area contributed by atoms with Crippen LogP contribution < -0.4 is 5.49 Å². The van der Waals surface area contributed by atoms with Gasteiger partial charge >= 0.3 is 0 Å². The minimum absolute atomic E-state index is 0. The Hall–Kier alpha value is -3.21. The smallest absolute Gasteiger partial charge is 0.189 e. The number of aliphatic imine (C=N–C) groups is 1. The van der Waals surface area contributed by atoms with E-state index in [0.717, 1.165) is 16.1 Å². The Morgan fingerprint density at radius 1 is 0.739 bits per heavy atom. The minimum atomic E-state index is 0. The molecule has 0 atom stereocenters. The van der Waals surface area contributed by atoms with Crippen LogP contribution in [0.2, 0.25) is 0 Å². The van der Waals surface area contributed by atoms with E-state index in [1.54, 1.807) is 18.2 Å². The SMILES string of the molecule is C.On1ccccc1=NN=C1C=CC(=Nc2ccccc2)C=C1. The molecular formula is C18H18N4O. The maximum Gasteiger partial charge on any atom is 0.189 e. The molecule has 5 nitrogen and oxygen atoms in total. The summed E-state index contributed by atoms with van der Waals surface area (Å²) >= 11 is 0. The van der Waals surface area contributed by atoms with Crippen LogP contribution in [0.15, 0.2) is 94.2 Å². The molecule has 0 bridgehead atoms. The molecule has 116 valence electrons. The van der Waals surface area contributed by atoms with Crippen molar-refractivity contribution < 1.29 is 5.21 Å². The lowest BCUT2D eigenvalue weighted by molar-refractivity contribution is 0.171. The van der Waals surface area contributed by atoms with Crippen molar-refractivity contribution in [2.45, 2.75) is 7.43 Å². The molecule has 0 aliphatic heterocycles. The largest absolute Gasteiger partial charge is 0.427 e. The molecule has 1 aromatic heterocycles. The number of para-hydroxylation sites is 1. The highest BCUT2D eigenvalue weighted by Crippen LogP contribution is 2.12. The predicted molar refractivity (Wildman–Crippen MR) is 93.2 cm³/mol. The zero-order valence-electron chi connectivity index (χ0n) is 11.7. The van der Waals surface area contributed by atoms with E-state index < -0.39 is 0 Å². The molecule has 1 aliphatic carbocycles. The predicted octanol–water partition coefficient (Wildman–Crippen LogP) is 3.52. The number of rotatable bonds is 2. The van der Waals surface area contributed by atoms with Gasteiger partial charge in [-0.3, -0.25) is 0 Å². The Morgan fingerprint density at radius 3 is 2.09 bits per heavy atom. The quantitative estimate of drug-likeness (QED) is 0.515. The molecule has 0 radical (unpaired) electrons. The number of benzene rings is 1. The lowest BCUT2D eigenvalue weighted by Crippen LogP contribution is -2.16. The van der Waals surface area contributed by atoms with Crippen LogP contribution in [0.3, 0.4) is 0 Å². The van der Waals surface area contributed by atoms with Gasteiger partial charge in [0.2, 0.25) is 0 Å². The van der Waals surface area contributed by atoms with Crippen LogP contribution in [0.4, 0.5) is 5.69 Å². The van der Waals surface area contributed by atoms with Crippen LogP contribution in [-0.2, 0) is 0 Å². The molecule has 5 heteroatoms. The van der Waals surface area contributed by atoms with E-state index >= 15 is 0 Å². The maximum absolute atomic E-state index is 9.54. The summed E-state index contributed by atoms with van der Waals surface area (Å²) in [7, 11) is 0. The minimum Gasteiger partial charge on any atom is -0.427 e. The molecule has 1 aliphatic rings. The van der Waals surface area contributed by atoms with Crippen LogP contribution in [0.25, 0.3) is 0 Å². The van der Waals surface area contributed by atoms with Crippen LogP contribution in [0.1, 0.15) is 7.43 Å². The van der Waals surface area contributed by atoms with Crippen molar-refractivity contribution in [3.05, 3.63) is 84.5 Å². The third kappa shape index (κ3) is 4.38. The van der Waals surface area contributed by atoms with Crippen molar-refractivity contribution in [3.8, 4) is 0 Å². The Balaban J connectivity index is 0.00000192. The van der Waals surface area contributed by atoms with E-state index in [9.17, 15) is 5.21 Å². The van der Waals surface area contributed by atoms with E-state index in [4.69, 9.17) is 0 Å². The maximum atomic E-state index is 9.54. The molecule has 0 fully saturated rings. The van der Waals surface area contributed by atoms with Crippen molar-refractivity contribution in [1.82, 2.24) is 4.73 Å². The molecule has 2 aromatic rings. The van der Waals surface area contributed by atoms with Crippen LogP contribution in [0.5, 0.6) is 0 Å². The first-order valence-electron chi connectivity index (χ1n) is 6.80. The molecule has 3 rings (SSSR count). The van der Waals surface area contributed by atoms with Gasteiger partial charge in [-0.1, -0.05) is 31.7 Å². The van der Waals surface area contributed by atoms with Gasteiger partial charge in [-0.05, 0) is 48.6 Å². The van der Waals surface area contributed by atoms with Gasteiger partial charge in [0, 0.05) is 6.20 Å². The molecule has 1 N–H and O–H groups in total. The summed E-state index contributed by atoms with van der Waals surface area (Å²) < 4.78 is 0.919. The number of aromatic nitrogens is 1. The van der Waals surface area contributed by atoms with Crippen molar-refractivity contribution >= 4 is 17.1 Å². The Labute approximate surface area is 134 Å². The summed E-state index contributed by atoms with van der Waals surface area (Å²) in [6.45, 7) is 0. The third-order valence-electron chi connectivity index (χ3n) is 2.95. The topological polar surface area (TPSA) is 62.2 Å². The molecule has 1 aromatic carbocycles. The van der Waals surface area contributed by atoms with Gasteiger partial charge in [-0.2, -0.15) is 4.73 Å². The number of hydrogen-bond donors (Lipinski definition) is 1. The van der Waals surface area contributed by atoms with Crippen LogP contribution in [0, 0.1) is 0 Å². The zero-order chi connectivity index (χ0) is 15.2. The van der Waals surface area contributed by atoms with Gasteiger partial charge in [-0.25, -0.2) is 4.99 Å². The Morgan fingerprint density at radius 2 is 1.39 bits per heavy atom. The summed E-state index contributed by atoms with van der Waals surface area (Å²) in [4.78, 5) is 4.50. The van der Waals surface area contributed by atoms with Crippen LogP contribution >= 0.6 is 0 Å². The van der Waals surface area contributed by atoms with Gasteiger partial charge in [0.25, 0.3) is 0 Å². The highest BCUT2D eigenvalue weighted by molar-refractivity contribution is 6.18. The van der Waals surface area contributed by atoms with Gasteiger partial charge in [0.15, 0.2) is 5.49 Å². The summed E-state index contributed by atoms with van der Waals surface area (Å²) in [5.41, 5.74) is 2.81. The lowest BCUT2D eigenvalue weighted by Gasteiger charge is -2.01. The van der Waals surface area contributed by atoms with E-state index in [1.807, 2.05) is 54.6 Å². The van der Waals surface area contributed by atoms with E-state index in [2.05, 4.69) is 15.2 Å². The van der Waals surface area contributed by atoms with Crippen LogP contribution in [-0.4, -0.2) is 21.4 Å². The van der Waals surface area contributed by atoms with E-state index in [0.29, 0.717) is 11.2 Å². The lowest BCUT2D eigenvalue weighted by atomic mass is 10.1. The first-order valence-corrected chi connectivity index (χ1v) is 6.80. The summed E-state index contributed by atoms with van der Waals surface area (Å²) in [6.07, 6.45) is 8.90. The summed E-state index contributed by atoms with van der Waals surface area (Å²) in [5, 5.41) is 17.6. The number of allylic oxidation sites excluding steroid dienone is 4. The normalized spacial score (nSPS) is 13.7. The number of pyridine rings is 1. The first kappa shape index (κ1) is 16.2. The second-order valence-corrected chi connectivity index (χ2v) is 4.57. The van der Waals surface area contributed by atoms with Crippen molar-refractivity contribution in [2.75, 3.05) is 0 Å². The van der Waals surface area contributed by atoms with Gasteiger partial charge in [-0.15, -0.1) is 10.2 Å². The van der Waals surface area contributed by atoms with E-state index in [-0.39, 0.29) is 7.43 Å². The molecular weight excluding hydrogens is 288 g/mol. The fourth-order valence-corrected chi connectivity index (χ4v) is 1.86. The summed E-state index contributed by atoms with van der Waals surface area (Å²) in [6, 6.07) is 14.9. The molecule has 0 saturated heterocycles. The Kier molecular flexibility index (Phi) is 5.41. The third-order valence-corrected chi connectivity index (χ3v) is 2.95. The second-order valence-electron chi connectivity index (χ2n) is 4.57. The van der Waals surface area contributed by atoms with Gasteiger partial charge < -0.3 is 5.21 Å². The van der Waals surface area contributed by atoms with Crippen molar-refractivity contribution in [1.29, 1.82) is 0 Å². The molecule has 23 heavy (non-hydrogen) atoms. The molecule has 0 unspecified atom stereocenters. The standard InChI is InChI=1S/C17H14N4O.CH4/c22-21-13-5-4-8-17(21)20-19-16-11-9-15(10-12-16)18-14-6-2-1-3-7-14;/h1-13,22H;1H4. The van der Waals surface area contributed by atoms with Gasteiger partial charge in [0.1, 0.15) is 0 Å². The van der Waals surface area contributed by atoms with Crippen molar-refractivity contribution in [3.63, 3.8) is 0 Å². The second kappa shape index (κ2) is 7.70. The Bertz CT molecular complexity index is 825. The van der Waals surface area contributed by atoms with Crippen molar-refractivity contribution in [2.24, 2.45) is 15.2 Å². The highest BCUT2D eigenvalue weighted by Gasteiger charge is 1.99. The average molecular weight is 306 g/mol. The average Bonchev–Trinajstić information content (AvgIpc) is 2.56. The number of hydrogen-bond acceptors (Lipinski definition) is 4. The van der Waals surface area contributed by atoms with Gasteiger partial charge in [0.05, 0.1) is 17.1 Å². The monoisotopic (exact) mass is 306 g/mol. The fourth-order valence-electron chi connectivity index (χ4n) is 1.86. The first-order chi connectivity index (χ1) is 10.8. The zero-order valence-corrected chi connectivity index (χ0v) is 11.7. The summed E-state index contributed by atoms with van der Waals surface area (Å²) in [5.74, 6) is 0. The highest BCUT2D eigenvalue weighted by atomic mass is 16.5. The van der Waals surface area contributed by atoms with E-state index in [1.165, 1.54) is 6.20 Å².